The van der Waals surface area contributed by atoms with Crippen LogP contribution in [0.3, 0.4) is 0 Å². The highest BCUT2D eigenvalue weighted by Gasteiger charge is 2.12. The lowest BCUT2D eigenvalue weighted by atomic mass is 10.1. The lowest BCUT2D eigenvalue weighted by molar-refractivity contribution is -0.121. The number of nitrogens with one attached hydrogen (secondary N) is 1. The maximum atomic E-state index is 12.8. The molecular formula is C26H19N3O2. The summed E-state index contributed by atoms with van der Waals surface area (Å²) in [6, 6.07) is 28.7. The van der Waals surface area contributed by atoms with Crippen molar-refractivity contribution in [3.05, 3.63) is 107 Å². The van der Waals surface area contributed by atoms with Crippen LogP contribution in [0.4, 0.5) is 0 Å². The van der Waals surface area contributed by atoms with Crippen LogP contribution in [-0.2, 0) is 11.3 Å². The minimum atomic E-state index is -0.268. The maximum absolute atomic E-state index is 12.8. The SMILES string of the molecule is O=C(Cn1c2ccccc2c(=O)c2ccccc21)N/N=C\c1cccc2ccccc12. The van der Waals surface area contributed by atoms with Gasteiger partial charge in [0.1, 0.15) is 6.54 Å². The Hall–Kier alpha value is -4.25. The molecule has 4 aromatic carbocycles. The third-order valence-corrected chi connectivity index (χ3v) is 5.40. The number of hydrogen-bond acceptors (Lipinski definition) is 3. The van der Waals surface area contributed by atoms with Crippen LogP contribution in [0.1, 0.15) is 5.56 Å². The molecule has 5 aromatic rings. The number of aromatic nitrogens is 1. The number of rotatable bonds is 4. The summed E-state index contributed by atoms with van der Waals surface area (Å²) in [5, 5.41) is 7.53. The topological polar surface area (TPSA) is 63.5 Å². The van der Waals surface area contributed by atoms with Crippen molar-refractivity contribution in [2.24, 2.45) is 5.10 Å². The molecule has 5 rings (SSSR count). The van der Waals surface area contributed by atoms with E-state index in [0.29, 0.717) is 10.8 Å². The van der Waals surface area contributed by atoms with Crippen molar-refractivity contribution in [3.8, 4) is 0 Å². The molecule has 0 aliphatic heterocycles. The molecule has 0 fully saturated rings. The first kappa shape index (κ1) is 18.8. The molecule has 0 atom stereocenters. The number of nitrogens with zero attached hydrogens (tertiary/aromatic N) is 2. The van der Waals surface area contributed by atoms with Crippen molar-refractivity contribution in [3.63, 3.8) is 0 Å². The van der Waals surface area contributed by atoms with Gasteiger partial charge < -0.3 is 4.57 Å². The van der Waals surface area contributed by atoms with Crippen molar-refractivity contribution >= 4 is 44.7 Å². The third-order valence-electron chi connectivity index (χ3n) is 5.40. The zero-order valence-corrected chi connectivity index (χ0v) is 16.7. The second-order valence-electron chi connectivity index (χ2n) is 7.31. The molecule has 1 heterocycles. The summed E-state index contributed by atoms with van der Waals surface area (Å²) in [7, 11) is 0. The van der Waals surface area contributed by atoms with Gasteiger partial charge in [-0.25, -0.2) is 5.43 Å². The van der Waals surface area contributed by atoms with E-state index in [4.69, 9.17) is 0 Å². The number of benzene rings is 4. The van der Waals surface area contributed by atoms with Gasteiger partial charge in [0.05, 0.1) is 17.2 Å². The van der Waals surface area contributed by atoms with E-state index < -0.39 is 0 Å². The van der Waals surface area contributed by atoms with E-state index in [1.54, 1.807) is 18.3 Å². The summed E-state index contributed by atoms with van der Waals surface area (Å²) in [4.78, 5) is 25.5. The van der Waals surface area contributed by atoms with Gasteiger partial charge in [0.25, 0.3) is 5.91 Å². The van der Waals surface area contributed by atoms with Crippen molar-refractivity contribution < 1.29 is 4.79 Å². The van der Waals surface area contributed by atoms with Crippen LogP contribution < -0.4 is 10.9 Å². The molecular weight excluding hydrogens is 386 g/mol. The molecule has 0 saturated carbocycles. The predicted molar refractivity (Wildman–Crippen MR) is 125 cm³/mol. The number of hydrazone groups is 1. The van der Waals surface area contributed by atoms with Gasteiger partial charge >= 0.3 is 0 Å². The fraction of sp³-hybridized carbons (Fsp3) is 0.0385. The smallest absolute Gasteiger partial charge is 0.260 e. The van der Waals surface area contributed by atoms with E-state index in [-0.39, 0.29) is 17.9 Å². The number of fused-ring (bicyclic) bond motifs is 3. The minimum absolute atomic E-state index is 0.0307. The number of carbonyl (C=O) groups excluding carboxylic acids is 1. The van der Waals surface area contributed by atoms with E-state index in [0.717, 1.165) is 27.4 Å². The van der Waals surface area contributed by atoms with Gasteiger partial charge in [-0.3, -0.25) is 9.59 Å². The van der Waals surface area contributed by atoms with E-state index in [1.807, 2.05) is 83.4 Å². The fourth-order valence-corrected chi connectivity index (χ4v) is 3.96. The quantitative estimate of drug-likeness (QED) is 0.273. The minimum Gasteiger partial charge on any atom is -0.331 e. The van der Waals surface area contributed by atoms with Gasteiger partial charge in [0, 0.05) is 16.3 Å². The van der Waals surface area contributed by atoms with Gasteiger partial charge in [-0.15, -0.1) is 0 Å². The monoisotopic (exact) mass is 405 g/mol. The van der Waals surface area contributed by atoms with Crippen LogP contribution in [0.25, 0.3) is 32.6 Å². The predicted octanol–water partition coefficient (Wildman–Crippen LogP) is 4.46. The molecule has 5 nitrogen and oxygen atoms in total. The highest BCUT2D eigenvalue weighted by molar-refractivity contribution is 6.00. The summed E-state index contributed by atoms with van der Waals surface area (Å²) < 4.78 is 1.86. The Morgan fingerprint density at radius 1 is 0.774 bits per heavy atom. The molecule has 0 spiro atoms. The summed E-state index contributed by atoms with van der Waals surface area (Å²) in [6.07, 6.45) is 1.65. The number of pyridine rings is 1. The van der Waals surface area contributed by atoms with E-state index in [1.165, 1.54) is 0 Å². The first-order valence-corrected chi connectivity index (χ1v) is 10.0. The molecule has 150 valence electrons. The van der Waals surface area contributed by atoms with Crippen LogP contribution in [0, 0.1) is 0 Å². The fourth-order valence-electron chi connectivity index (χ4n) is 3.96. The Bertz CT molecular complexity index is 1470. The summed E-state index contributed by atoms with van der Waals surface area (Å²) in [5.41, 5.74) is 4.96. The molecule has 31 heavy (non-hydrogen) atoms. The van der Waals surface area contributed by atoms with E-state index in [2.05, 4.69) is 10.5 Å². The second-order valence-corrected chi connectivity index (χ2v) is 7.31. The van der Waals surface area contributed by atoms with Crippen LogP contribution >= 0.6 is 0 Å². The molecule has 0 radical (unpaired) electrons. The molecule has 0 aliphatic carbocycles. The van der Waals surface area contributed by atoms with Crippen molar-refractivity contribution in [2.45, 2.75) is 6.54 Å². The maximum Gasteiger partial charge on any atom is 0.260 e. The highest BCUT2D eigenvalue weighted by atomic mass is 16.2. The van der Waals surface area contributed by atoms with Gasteiger partial charge in [-0.05, 0) is 35.0 Å². The van der Waals surface area contributed by atoms with E-state index in [9.17, 15) is 9.59 Å². The number of hydrogen-bond donors (Lipinski definition) is 1. The molecule has 0 unspecified atom stereocenters. The van der Waals surface area contributed by atoms with Crippen molar-refractivity contribution in [1.82, 2.24) is 9.99 Å². The second kappa shape index (κ2) is 7.88. The third kappa shape index (κ3) is 3.46. The summed E-state index contributed by atoms with van der Waals surface area (Å²) in [5.74, 6) is -0.268. The summed E-state index contributed by atoms with van der Waals surface area (Å²) in [6.45, 7) is 0.0498. The lowest BCUT2D eigenvalue weighted by Crippen LogP contribution is -2.25. The Labute approximate surface area is 178 Å². The summed E-state index contributed by atoms with van der Waals surface area (Å²) >= 11 is 0. The van der Waals surface area contributed by atoms with Gasteiger partial charge in [0.2, 0.25) is 0 Å². The molecule has 1 N–H and O–H groups in total. The Balaban J connectivity index is 1.46. The van der Waals surface area contributed by atoms with Gasteiger partial charge in [-0.1, -0.05) is 66.7 Å². The molecule has 0 saturated heterocycles. The Morgan fingerprint density at radius 2 is 1.35 bits per heavy atom. The normalized spacial score (nSPS) is 11.5. The van der Waals surface area contributed by atoms with Crippen LogP contribution in [0.5, 0.6) is 0 Å². The van der Waals surface area contributed by atoms with Crippen molar-refractivity contribution in [1.29, 1.82) is 0 Å². The first-order valence-electron chi connectivity index (χ1n) is 10.0. The van der Waals surface area contributed by atoms with Gasteiger partial charge in [0.15, 0.2) is 5.43 Å². The van der Waals surface area contributed by atoms with Crippen molar-refractivity contribution in [2.75, 3.05) is 0 Å². The molecule has 5 heteroatoms. The Kier molecular flexibility index (Phi) is 4.77. The molecule has 1 aromatic heterocycles. The highest BCUT2D eigenvalue weighted by Crippen LogP contribution is 2.19. The van der Waals surface area contributed by atoms with Crippen LogP contribution in [-0.4, -0.2) is 16.7 Å². The average Bonchev–Trinajstić information content (AvgIpc) is 2.82. The van der Waals surface area contributed by atoms with Crippen LogP contribution in [0.2, 0.25) is 0 Å². The first-order chi connectivity index (χ1) is 15.2. The van der Waals surface area contributed by atoms with Crippen LogP contribution in [0.15, 0.2) is 101 Å². The zero-order chi connectivity index (χ0) is 21.2. The Morgan fingerprint density at radius 3 is 2.06 bits per heavy atom. The molecule has 0 aliphatic rings. The molecule has 0 bridgehead atoms. The zero-order valence-electron chi connectivity index (χ0n) is 16.7. The number of para-hydroxylation sites is 2. The standard InChI is InChI=1S/C26H19N3O2/c30-25(28-27-16-19-10-7-9-18-8-1-2-11-20(18)19)17-29-23-14-5-3-12-21(23)26(31)22-13-4-6-15-24(22)29/h1-16H,17H2,(H,28,30)/b27-16-. The van der Waals surface area contributed by atoms with E-state index >= 15 is 0 Å². The largest absolute Gasteiger partial charge is 0.331 e. The average molecular weight is 405 g/mol. The lowest BCUT2D eigenvalue weighted by Gasteiger charge is -2.14. The van der Waals surface area contributed by atoms with Gasteiger partial charge in [-0.2, -0.15) is 5.10 Å². The molecule has 1 amide bonds. The number of amides is 1. The number of carbonyl (C=O) groups is 1.